The summed E-state index contributed by atoms with van der Waals surface area (Å²) in [5.41, 5.74) is 2.85. The van der Waals surface area contributed by atoms with Crippen molar-refractivity contribution in [3.05, 3.63) is 35.4 Å². The van der Waals surface area contributed by atoms with Gasteiger partial charge >= 0.3 is 0 Å². The lowest BCUT2D eigenvalue weighted by Gasteiger charge is -2.27. The Labute approximate surface area is 130 Å². The summed E-state index contributed by atoms with van der Waals surface area (Å²) in [4.78, 5) is 0. The van der Waals surface area contributed by atoms with Crippen LogP contribution in [0.15, 0.2) is 24.3 Å². The van der Waals surface area contributed by atoms with Gasteiger partial charge in [-0.05, 0) is 63.5 Å². The van der Waals surface area contributed by atoms with Gasteiger partial charge in [0.05, 0.1) is 0 Å². The van der Waals surface area contributed by atoms with Crippen LogP contribution in [0.3, 0.4) is 0 Å². The highest BCUT2D eigenvalue weighted by molar-refractivity contribution is 5.22. The van der Waals surface area contributed by atoms with Gasteiger partial charge in [0.2, 0.25) is 0 Å². The summed E-state index contributed by atoms with van der Waals surface area (Å²) < 4.78 is 5.48. The maximum Gasteiger partial charge on any atom is 0.0468 e. The maximum atomic E-state index is 5.48. The third kappa shape index (κ3) is 6.19. The van der Waals surface area contributed by atoms with Crippen LogP contribution in [0.1, 0.15) is 50.2 Å². The predicted octanol–water partition coefficient (Wildman–Crippen LogP) is 4.11. The lowest BCUT2D eigenvalue weighted by molar-refractivity contribution is 0.0602. The van der Waals surface area contributed by atoms with Crippen molar-refractivity contribution in [2.75, 3.05) is 19.8 Å². The van der Waals surface area contributed by atoms with E-state index in [1.54, 1.807) is 0 Å². The van der Waals surface area contributed by atoms with Crippen LogP contribution in [0.4, 0.5) is 0 Å². The van der Waals surface area contributed by atoms with Crippen LogP contribution < -0.4 is 5.32 Å². The molecule has 2 nitrogen and oxygen atoms in total. The molecule has 1 aliphatic rings. The minimum atomic E-state index is 0.661. The van der Waals surface area contributed by atoms with Crippen molar-refractivity contribution in [1.29, 1.82) is 0 Å². The lowest BCUT2D eigenvalue weighted by atomic mass is 9.90. The first-order valence-corrected chi connectivity index (χ1v) is 8.64. The molecule has 0 bridgehead atoms. The van der Waals surface area contributed by atoms with Gasteiger partial charge < -0.3 is 10.1 Å². The molecule has 2 rings (SSSR count). The summed E-state index contributed by atoms with van der Waals surface area (Å²) in [5.74, 6) is 0.852. The molecule has 0 aromatic heterocycles. The molecule has 1 aromatic rings. The van der Waals surface area contributed by atoms with Gasteiger partial charge in [-0.2, -0.15) is 0 Å². The Morgan fingerprint density at radius 2 is 2.10 bits per heavy atom. The smallest absolute Gasteiger partial charge is 0.0468 e. The molecular formula is C19H31NO. The summed E-state index contributed by atoms with van der Waals surface area (Å²) in [6.07, 6.45) is 7.46. The Hall–Kier alpha value is -0.860. The molecule has 2 heteroatoms. The number of hydrogen-bond donors (Lipinski definition) is 1. The second-order valence-corrected chi connectivity index (χ2v) is 6.47. The van der Waals surface area contributed by atoms with Gasteiger partial charge in [0.25, 0.3) is 0 Å². The maximum absolute atomic E-state index is 5.48. The predicted molar refractivity (Wildman–Crippen MR) is 89.7 cm³/mol. The zero-order valence-corrected chi connectivity index (χ0v) is 13.7. The molecule has 0 aliphatic carbocycles. The molecule has 0 radical (unpaired) electrons. The molecule has 0 spiro atoms. The van der Waals surface area contributed by atoms with Crippen molar-refractivity contribution in [3.8, 4) is 0 Å². The van der Waals surface area contributed by atoms with E-state index in [1.165, 1.54) is 49.7 Å². The molecule has 1 N–H and O–H groups in total. The highest BCUT2D eigenvalue weighted by atomic mass is 16.5. The van der Waals surface area contributed by atoms with E-state index in [9.17, 15) is 0 Å². The average molecular weight is 289 g/mol. The van der Waals surface area contributed by atoms with E-state index in [1.807, 2.05) is 0 Å². The number of hydrogen-bond acceptors (Lipinski definition) is 2. The third-order valence-electron chi connectivity index (χ3n) is 4.51. The summed E-state index contributed by atoms with van der Waals surface area (Å²) in [5, 5.41) is 3.76. The molecule has 1 aromatic carbocycles. The normalized spacial score (nSPS) is 17.8. The average Bonchev–Trinajstić information content (AvgIpc) is 2.51. The van der Waals surface area contributed by atoms with Gasteiger partial charge in [0.15, 0.2) is 0 Å². The topological polar surface area (TPSA) is 21.3 Å². The Morgan fingerprint density at radius 1 is 1.29 bits per heavy atom. The largest absolute Gasteiger partial charge is 0.381 e. The first-order chi connectivity index (χ1) is 10.3. The number of ether oxygens (including phenoxy) is 1. The van der Waals surface area contributed by atoms with E-state index < -0.39 is 0 Å². The fraction of sp³-hybridized carbons (Fsp3) is 0.684. The third-order valence-corrected chi connectivity index (χ3v) is 4.51. The molecule has 1 heterocycles. The first kappa shape index (κ1) is 16.5. The van der Waals surface area contributed by atoms with Gasteiger partial charge in [0, 0.05) is 19.3 Å². The van der Waals surface area contributed by atoms with Gasteiger partial charge in [-0.15, -0.1) is 0 Å². The second-order valence-electron chi connectivity index (χ2n) is 6.47. The SMILES string of the molecule is CCCNC(CCc1cccc(C)c1)CC1CCOCC1. The van der Waals surface area contributed by atoms with Crippen LogP contribution >= 0.6 is 0 Å². The van der Waals surface area contributed by atoms with E-state index in [0.29, 0.717) is 6.04 Å². The van der Waals surface area contributed by atoms with Crippen LogP contribution in [-0.4, -0.2) is 25.8 Å². The molecule has 0 saturated carbocycles. The highest BCUT2D eigenvalue weighted by Crippen LogP contribution is 2.22. The van der Waals surface area contributed by atoms with E-state index in [0.717, 1.165) is 25.7 Å². The van der Waals surface area contributed by atoms with E-state index >= 15 is 0 Å². The van der Waals surface area contributed by atoms with Crippen molar-refractivity contribution in [2.24, 2.45) is 5.92 Å². The van der Waals surface area contributed by atoms with Gasteiger partial charge in [-0.3, -0.25) is 0 Å². The molecule has 1 aliphatic heterocycles. The van der Waals surface area contributed by atoms with Crippen molar-refractivity contribution in [2.45, 2.75) is 58.4 Å². The fourth-order valence-electron chi connectivity index (χ4n) is 3.24. The van der Waals surface area contributed by atoms with E-state index in [-0.39, 0.29) is 0 Å². The summed E-state index contributed by atoms with van der Waals surface area (Å²) in [7, 11) is 0. The second kappa shape index (κ2) is 9.22. The van der Waals surface area contributed by atoms with Crippen molar-refractivity contribution < 1.29 is 4.74 Å². The summed E-state index contributed by atoms with van der Waals surface area (Å²) >= 11 is 0. The zero-order chi connectivity index (χ0) is 14.9. The molecule has 1 atom stereocenters. The molecule has 1 fully saturated rings. The van der Waals surface area contributed by atoms with Crippen molar-refractivity contribution in [3.63, 3.8) is 0 Å². The Bertz CT molecular complexity index is 398. The Balaban J connectivity index is 1.83. The lowest BCUT2D eigenvalue weighted by Crippen LogP contribution is -2.33. The van der Waals surface area contributed by atoms with Gasteiger partial charge in [-0.1, -0.05) is 36.8 Å². The van der Waals surface area contributed by atoms with Crippen LogP contribution in [0.25, 0.3) is 0 Å². The minimum Gasteiger partial charge on any atom is -0.381 e. The number of aryl methyl sites for hydroxylation is 2. The Kier molecular flexibility index (Phi) is 7.25. The fourth-order valence-corrected chi connectivity index (χ4v) is 3.24. The van der Waals surface area contributed by atoms with Gasteiger partial charge in [0.1, 0.15) is 0 Å². The van der Waals surface area contributed by atoms with Crippen LogP contribution in [-0.2, 0) is 11.2 Å². The number of rotatable bonds is 8. The van der Waals surface area contributed by atoms with Crippen LogP contribution in [0, 0.1) is 12.8 Å². The van der Waals surface area contributed by atoms with Gasteiger partial charge in [-0.25, -0.2) is 0 Å². The van der Waals surface area contributed by atoms with E-state index in [4.69, 9.17) is 4.74 Å². The Morgan fingerprint density at radius 3 is 2.81 bits per heavy atom. The number of benzene rings is 1. The van der Waals surface area contributed by atoms with Crippen LogP contribution in [0.5, 0.6) is 0 Å². The molecular weight excluding hydrogens is 258 g/mol. The molecule has 1 saturated heterocycles. The monoisotopic (exact) mass is 289 g/mol. The standard InChI is InChI=1S/C19H31NO/c1-3-11-20-19(15-18-9-12-21-13-10-18)8-7-17-6-4-5-16(2)14-17/h4-6,14,18-20H,3,7-13,15H2,1-2H3. The van der Waals surface area contributed by atoms with Crippen molar-refractivity contribution >= 4 is 0 Å². The first-order valence-electron chi connectivity index (χ1n) is 8.64. The van der Waals surface area contributed by atoms with E-state index in [2.05, 4.69) is 43.4 Å². The zero-order valence-electron chi connectivity index (χ0n) is 13.7. The molecule has 118 valence electrons. The quantitative estimate of drug-likeness (QED) is 0.777. The van der Waals surface area contributed by atoms with Crippen molar-refractivity contribution in [1.82, 2.24) is 5.32 Å². The summed E-state index contributed by atoms with van der Waals surface area (Å²) in [6.45, 7) is 7.49. The molecule has 0 amide bonds. The molecule has 1 unspecified atom stereocenters. The summed E-state index contributed by atoms with van der Waals surface area (Å²) in [6, 6.07) is 9.60. The highest BCUT2D eigenvalue weighted by Gasteiger charge is 2.18. The minimum absolute atomic E-state index is 0.661. The molecule has 21 heavy (non-hydrogen) atoms. The van der Waals surface area contributed by atoms with Crippen LogP contribution in [0.2, 0.25) is 0 Å². The number of nitrogens with one attached hydrogen (secondary N) is 1.